The quantitative estimate of drug-likeness (QED) is 0.276. The Balaban J connectivity index is 1.80. The highest BCUT2D eigenvalue weighted by Crippen LogP contribution is 2.65. The minimum atomic E-state index is -1.08. The molecule has 1 aliphatic heterocycles. The van der Waals surface area contributed by atoms with Gasteiger partial charge in [0, 0.05) is 12.1 Å². The standard InChI is InChI=1S/C26H41N5O5/c1-13(2)18(29-24(36)30-25(3,4)5)23(35)31-12-15-17(26(15,6)7)19(31)22(34)28-16(20(32)21(27)33)11-14-9-8-10-14/h14-19H,1,8-12H2,2-7H3,(H2,27,33)(H,28,34)(H2,29,30,36). The lowest BCUT2D eigenvalue weighted by atomic mass is 9.80. The first kappa shape index (κ1) is 27.7. The van der Waals surface area contributed by atoms with Gasteiger partial charge in [-0.15, -0.1) is 0 Å². The normalized spacial score (nSPS) is 26.1. The average molecular weight is 504 g/mol. The number of hydrogen-bond acceptors (Lipinski definition) is 5. The summed E-state index contributed by atoms with van der Waals surface area (Å²) in [6, 6.07) is -3.36. The van der Waals surface area contributed by atoms with Gasteiger partial charge < -0.3 is 26.6 Å². The summed E-state index contributed by atoms with van der Waals surface area (Å²) >= 11 is 0. The van der Waals surface area contributed by atoms with E-state index in [1.54, 1.807) is 6.92 Å². The third kappa shape index (κ3) is 5.73. The van der Waals surface area contributed by atoms with Gasteiger partial charge in [0.25, 0.3) is 5.91 Å². The van der Waals surface area contributed by atoms with Crippen molar-refractivity contribution in [2.45, 2.75) is 90.9 Å². The van der Waals surface area contributed by atoms with Gasteiger partial charge in [-0.05, 0) is 62.9 Å². The maximum atomic E-state index is 13.6. The topological polar surface area (TPSA) is 151 Å². The van der Waals surface area contributed by atoms with Gasteiger partial charge in [0.05, 0.1) is 6.04 Å². The predicted octanol–water partition coefficient (Wildman–Crippen LogP) is 1.24. The number of nitrogens with two attached hydrogens (primary N) is 1. The van der Waals surface area contributed by atoms with E-state index in [1.165, 1.54) is 4.90 Å². The van der Waals surface area contributed by atoms with E-state index in [4.69, 9.17) is 5.73 Å². The average Bonchev–Trinajstić information content (AvgIpc) is 3.06. The number of carbonyl (C=O) groups excluding carboxylic acids is 5. The molecular weight excluding hydrogens is 462 g/mol. The van der Waals surface area contributed by atoms with Crippen LogP contribution in [0.25, 0.3) is 0 Å². The third-order valence-electron chi connectivity index (χ3n) is 7.93. The predicted molar refractivity (Wildman–Crippen MR) is 134 cm³/mol. The number of carbonyl (C=O) groups is 5. The molecule has 200 valence electrons. The van der Waals surface area contributed by atoms with Gasteiger partial charge in [0.2, 0.25) is 17.6 Å². The number of piperidine rings is 1. The Morgan fingerprint density at radius 1 is 1.11 bits per heavy atom. The Hall–Kier alpha value is -2.91. The van der Waals surface area contributed by atoms with E-state index in [-0.39, 0.29) is 23.2 Å². The Morgan fingerprint density at radius 2 is 1.72 bits per heavy atom. The first-order chi connectivity index (χ1) is 16.5. The number of primary amides is 1. The second-order valence-corrected chi connectivity index (χ2v) is 12.3. The summed E-state index contributed by atoms with van der Waals surface area (Å²) in [4.78, 5) is 65.4. The maximum Gasteiger partial charge on any atom is 0.316 e. The van der Waals surface area contributed by atoms with E-state index in [1.807, 2.05) is 20.8 Å². The van der Waals surface area contributed by atoms with E-state index in [2.05, 4.69) is 36.4 Å². The van der Waals surface area contributed by atoms with Crippen molar-refractivity contribution in [2.75, 3.05) is 6.54 Å². The van der Waals surface area contributed by atoms with Gasteiger partial charge in [-0.1, -0.05) is 39.7 Å². The lowest BCUT2D eigenvalue weighted by Gasteiger charge is -2.35. The summed E-state index contributed by atoms with van der Waals surface area (Å²) in [5.41, 5.74) is 5.05. The Morgan fingerprint density at radius 3 is 2.19 bits per heavy atom. The molecule has 2 saturated carbocycles. The second-order valence-electron chi connectivity index (χ2n) is 12.3. The van der Waals surface area contributed by atoms with Crippen LogP contribution in [-0.2, 0) is 19.2 Å². The molecule has 10 heteroatoms. The zero-order chi connectivity index (χ0) is 27.2. The van der Waals surface area contributed by atoms with Crippen molar-refractivity contribution < 1.29 is 24.0 Å². The van der Waals surface area contributed by atoms with Crippen molar-refractivity contribution in [3.05, 3.63) is 12.2 Å². The van der Waals surface area contributed by atoms with Gasteiger partial charge in [0.1, 0.15) is 12.1 Å². The molecule has 3 fully saturated rings. The minimum absolute atomic E-state index is 0.0938. The number of hydrogen-bond donors (Lipinski definition) is 4. The number of rotatable bonds is 9. The highest BCUT2D eigenvalue weighted by molar-refractivity contribution is 6.37. The number of likely N-dealkylation sites (tertiary alicyclic amines) is 1. The highest BCUT2D eigenvalue weighted by Gasteiger charge is 2.69. The second kappa shape index (κ2) is 9.86. The van der Waals surface area contributed by atoms with Crippen LogP contribution in [0.3, 0.4) is 0 Å². The summed E-state index contributed by atoms with van der Waals surface area (Å²) in [7, 11) is 0. The minimum Gasteiger partial charge on any atom is -0.363 e. The summed E-state index contributed by atoms with van der Waals surface area (Å²) in [5.74, 6) is -2.53. The van der Waals surface area contributed by atoms with Crippen molar-refractivity contribution in [1.29, 1.82) is 0 Å². The number of ketones is 1. The maximum absolute atomic E-state index is 13.6. The number of nitrogens with zero attached hydrogens (tertiary/aromatic N) is 1. The molecule has 0 spiro atoms. The fourth-order valence-electron chi connectivity index (χ4n) is 5.60. The molecular formula is C26H41N5O5. The largest absolute Gasteiger partial charge is 0.363 e. The fraction of sp³-hybridized carbons (Fsp3) is 0.731. The first-order valence-electron chi connectivity index (χ1n) is 12.7. The Labute approximate surface area is 213 Å². The van der Waals surface area contributed by atoms with Crippen LogP contribution in [0, 0.1) is 23.2 Å². The molecule has 5 atom stereocenters. The Bertz CT molecular complexity index is 964. The molecule has 3 aliphatic rings. The van der Waals surface area contributed by atoms with Crippen molar-refractivity contribution in [2.24, 2.45) is 28.9 Å². The van der Waals surface area contributed by atoms with Crippen LogP contribution in [0.1, 0.15) is 67.2 Å². The molecule has 3 rings (SSSR count). The van der Waals surface area contributed by atoms with Crippen LogP contribution < -0.4 is 21.7 Å². The molecule has 0 aromatic heterocycles. The number of urea groups is 1. The zero-order valence-corrected chi connectivity index (χ0v) is 22.3. The smallest absolute Gasteiger partial charge is 0.316 e. The van der Waals surface area contributed by atoms with Crippen LogP contribution in [0.4, 0.5) is 4.79 Å². The lowest BCUT2D eigenvalue weighted by molar-refractivity contribution is -0.143. The van der Waals surface area contributed by atoms with Crippen molar-refractivity contribution in [3.63, 3.8) is 0 Å². The van der Waals surface area contributed by atoms with Crippen molar-refractivity contribution in [3.8, 4) is 0 Å². The van der Waals surface area contributed by atoms with Crippen molar-refractivity contribution in [1.82, 2.24) is 20.9 Å². The lowest BCUT2D eigenvalue weighted by Crippen LogP contribution is -2.59. The van der Waals surface area contributed by atoms with E-state index < -0.39 is 53.2 Å². The zero-order valence-electron chi connectivity index (χ0n) is 22.3. The van der Waals surface area contributed by atoms with Crippen LogP contribution in [0.5, 0.6) is 0 Å². The number of fused-ring (bicyclic) bond motifs is 1. The molecule has 5 N–H and O–H groups in total. The summed E-state index contributed by atoms with van der Waals surface area (Å²) in [6.45, 7) is 15.5. The van der Waals surface area contributed by atoms with E-state index in [0.29, 0.717) is 18.5 Å². The number of nitrogens with one attached hydrogen (secondary N) is 3. The molecule has 36 heavy (non-hydrogen) atoms. The fourth-order valence-corrected chi connectivity index (χ4v) is 5.60. The van der Waals surface area contributed by atoms with Crippen molar-refractivity contribution >= 4 is 29.5 Å². The number of Topliss-reactive ketones (excluding diaryl/α,β-unsaturated/α-hetero) is 1. The molecule has 1 heterocycles. The molecule has 0 aromatic rings. The Kier molecular flexibility index (Phi) is 7.58. The molecule has 5 amide bonds. The van der Waals surface area contributed by atoms with Gasteiger partial charge >= 0.3 is 6.03 Å². The van der Waals surface area contributed by atoms with E-state index >= 15 is 0 Å². The van der Waals surface area contributed by atoms with Crippen LogP contribution in [-0.4, -0.2) is 64.6 Å². The van der Waals surface area contributed by atoms with Gasteiger partial charge in [-0.3, -0.25) is 19.2 Å². The molecule has 0 bridgehead atoms. The van der Waals surface area contributed by atoms with Gasteiger partial charge in [0.15, 0.2) is 0 Å². The van der Waals surface area contributed by atoms with Crippen LogP contribution in [0.2, 0.25) is 0 Å². The summed E-state index contributed by atoms with van der Waals surface area (Å²) in [6.07, 6.45) is 3.28. The van der Waals surface area contributed by atoms with E-state index in [9.17, 15) is 24.0 Å². The molecule has 10 nitrogen and oxygen atoms in total. The summed E-state index contributed by atoms with van der Waals surface area (Å²) in [5, 5.41) is 8.21. The highest BCUT2D eigenvalue weighted by atomic mass is 16.2. The van der Waals surface area contributed by atoms with Gasteiger partial charge in [-0.2, -0.15) is 0 Å². The van der Waals surface area contributed by atoms with E-state index in [0.717, 1.165) is 19.3 Å². The SMILES string of the molecule is C=C(C)C(NC(=O)NC(C)(C)C)C(=O)N1CC2C(C1C(=O)NC(CC1CCC1)C(=O)C(N)=O)C2(C)C. The molecule has 5 unspecified atom stereocenters. The summed E-state index contributed by atoms with van der Waals surface area (Å²) < 4.78 is 0. The molecule has 0 radical (unpaired) electrons. The third-order valence-corrected chi connectivity index (χ3v) is 7.93. The number of amides is 5. The van der Waals surface area contributed by atoms with Gasteiger partial charge in [-0.25, -0.2) is 4.79 Å². The molecule has 1 saturated heterocycles. The van der Waals surface area contributed by atoms with Crippen LogP contribution >= 0.6 is 0 Å². The monoisotopic (exact) mass is 503 g/mol. The first-order valence-corrected chi connectivity index (χ1v) is 12.7. The molecule has 0 aromatic carbocycles. The molecule has 2 aliphatic carbocycles. The van der Waals surface area contributed by atoms with Crippen LogP contribution in [0.15, 0.2) is 12.2 Å².